The molecule has 4 nitrogen and oxygen atoms in total. The lowest BCUT2D eigenvalue weighted by Crippen LogP contribution is -2.40. The summed E-state index contributed by atoms with van der Waals surface area (Å²) in [4.78, 5) is 24.1. The standard InChI is InChI=1S/C20H18F4N2O2/c1-2-26(19(28)20(22,23)24)13-14-6-5-8-16(12-14)25-18(27)11-10-15-7-3-4-9-17(15)21/h3-12H,2,13H2,1H3,(H,25,27)/b11-10+. The molecule has 0 aliphatic carbocycles. The van der Waals surface area contributed by atoms with Gasteiger partial charge in [-0.05, 0) is 36.8 Å². The average Bonchev–Trinajstić information content (AvgIpc) is 2.64. The zero-order chi connectivity index (χ0) is 20.7. The summed E-state index contributed by atoms with van der Waals surface area (Å²) < 4.78 is 51.4. The van der Waals surface area contributed by atoms with Gasteiger partial charge in [-0.1, -0.05) is 30.3 Å². The number of nitrogens with zero attached hydrogens (tertiary/aromatic N) is 1. The number of alkyl halides is 3. The second-order valence-corrected chi connectivity index (χ2v) is 5.86. The summed E-state index contributed by atoms with van der Waals surface area (Å²) in [7, 11) is 0. The number of hydrogen-bond donors (Lipinski definition) is 1. The number of rotatable bonds is 6. The second kappa shape index (κ2) is 9.16. The summed E-state index contributed by atoms with van der Waals surface area (Å²) in [6.45, 7) is 1.09. The van der Waals surface area contributed by atoms with Crippen LogP contribution in [-0.2, 0) is 16.1 Å². The molecule has 0 saturated heterocycles. The molecule has 2 aromatic rings. The number of halogens is 4. The van der Waals surface area contributed by atoms with Gasteiger partial charge < -0.3 is 10.2 Å². The lowest BCUT2D eigenvalue weighted by atomic mass is 10.1. The molecule has 0 spiro atoms. The Morgan fingerprint density at radius 2 is 1.82 bits per heavy atom. The number of amides is 2. The minimum Gasteiger partial charge on any atom is -0.331 e. The van der Waals surface area contributed by atoms with Crippen molar-refractivity contribution in [3.63, 3.8) is 0 Å². The highest BCUT2D eigenvalue weighted by Crippen LogP contribution is 2.21. The Morgan fingerprint density at radius 3 is 2.46 bits per heavy atom. The Bertz CT molecular complexity index is 879. The van der Waals surface area contributed by atoms with Crippen LogP contribution in [0.1, 0.15) is 18.1 Å². The molecule has 148 valence electrons. The van der Waals surface area contributed by atoms with Crippen LogP contribution in [0.4, 0.5) is 23.2 Å². The fourth-order valence-electron chi connectivity index (χ4n) is 2.43. The molecule has 0 aliphatic heterocycles. The number of hydrogen-bond acceptors (Lipinski definition) is 2. The zero-order valence-corrected chi connectivity index (χ0v) is 15.0. The highest BCUT2D eigenvalue weighted by atomic mass is 19.4. The summed E-state index contributed by atoms with van der Waals surface area (Å²) in [5.74, 6) is -2.92. The third-order valence-corrected chi connectivity index (χ3v) is 3.80. The molecule has 2 amide bonds. The van der Waals surface area contributed by atoms with Crippen molar-refractivity contribution < 1.29 is 27.2 Å². The highest BCUT2D eigenvalue weighted by Gasteiger charge is 2.41. The largest absolute Gasteiger partial charge is 0.471 e. The number of carbonyl (C=O) groups excluding carboxylic acids is 2. The number of carbonyl (C=O) groups is 2. The quantitative estimate of drug-likeness (QED) is 0.584. The van der Waals surface area contributed by atoms with E-state index in [1.165, 1.54) is 37.3 Å². The smallest absolute Gasteiger partial charge is 0.331 e. The summed E-state index contributed by atoms with van der Waals surface area (Å²) in [5.41, 5.74) is 1.02. The Labute approximate surface area is 159 Å². The molecule has 0 atom stereocenters. The van der Waals surface area contributed by atoms with Gasteiger partial charge in [-0.3, -0.25) is 9.59 Å². The van der Waals surface area contributed by atoms with Crippen molar-refractivity contribution >= 4 is 23.6 Å². The van der Waals surface area contributed by atoms with Crippen molar-refractivity contribution in [2.45, 2.75) is 19.6 Å². The molecule has 0 fully saturated rings. The topological polar surface area (TPSA) is 49.4 Å². The van der Waals surface area contributed by atoms with Crippen LogP contribution in [0.25, 0.3) is 6.08 Å². The molecule has 0 heterocycles. The maximum absolute atomic E-state index is 13.5. The lowest BCUT2D eigenvalue weighted by Gasteiger charge is -2.22. The summed E-state index contributed by atoms with van der Waals surface area (Å²) in [6.07, 6.45) is -2.48. The van der Waals surface area contributed by atoms with Gasteiger partial charge in [0.25, 0.3) is 0 Å². The van der Waals surface area contributed by atoms with Gasteiger partial charge in [0.2, 0.25) is 5.91 Å². The van der Waals surface area contributed by atoms with Crippen molar-refractivity contribution in [1.82, 2.24) is 4.90 Å². The molecule has 0 saturated carbocycles. The van der Waals surface area contributed by atoms with E-state index in [4.69, 9.17) is 0 Å². The van der Waals surface area contributed by atoms with E-state index in [-0.39, 0.29) is 18.7 Å². The van der Waals surface area contributed by atoms with E-state index >= 15 is 0 Å². The van der Waals surface area contributed by atoms with Crippen LogP contribution in [0.3, 0.4) is 0 Å². The van der Waals surface area contributed by atoms with E-state index in [2.05, 4.69) is 5.32 Å². The number of benzene rings is 2. The SMILES string of the molecule is CCN(Cc1cccc(NC(=O)/C=C/c2ccccc2F)c1)C(=O)C(F)(F)F. The number of nitrogens with one attached hydrogen (secondary N) is 1. The molecule has 8 heteroatoms. The third-order valence-electron chi connectivity index (χ3n) is 3.80. The second-order valence-electron chi connectivity index (χ2n) is 5.86. The third kappa shape index (κ3) is 5.94. The van der Waals surface area contributed by atoms with E-state index in [0.29, 0.717) is 16.2 Å². The van der Waals surface area contributed by atoms with Gasteiger partial charge in [0.1, 0.15) is 5.82 Å². The summed E-state index contributed by atoms with van der Waals surface area (Å²) in [6, 6.07) is 12.1. The molecule has 0 radical (unpaired) electrons. The molecule has 28 heavy (non-hydrogen) atoms. The van der Waals surface area contributed by atoms with Crippen molar-refractivity contribution in [2.24, 2.45) is 0 Å². The molecular formula is C20H18F4N2O2. The van der Waals surface area contributed by atoms with Crippen LogP contribution in [0.2, 0.25) is 0 Å². The van der Waals surface area contributed by atoms with Crippen molar-refractivity contribution in [2.75, 3.05) is 11.9 Å². The molecule has 0 unspecified atom stereocenters. The van der Waals surface area contributed by atoms with Gasteiger partial charge >= 0.3 is 12.1 Å². The minimum absolute atomic E-state index is 0.111. The van der Waals surface area contributed by atoms with Crippen molar-refractivity contribution in [1.29, 1.82) is 0 Å². The van der Waals surface area contributed by atoms with Gasteiger partial charge in [-0.15, -0.1) is 0 Å². The molecule has 2 aromatic carbocycles. The van der Waals surface area contributed by atoms with E-state index in [9.17, 15) is 27.2 Å². The first-order chi connectivity index (χ1) is 13.2. The fourth-order valence-corrected chi connectivity index (χ4v) is 2.43. The van der Waals surface area contributed by atoms with Crippen molar-refractivity contribution in [3.05, 3.63) is 71.6 Å². The van der Waals surface area contributed by atoms with Gasteiger partial charge in [0, 0.05) is 30.4 Å². The van der Waals surface area contributed by atoms with Crippen molar-refractivity contribution in [3.8, 4) is 0 Å². The highest BCUT2D eigenvalue weighted by molar-refractivity contribution is 6.02. The molecule has 0 aliphatic rings. The van der Waals surface area contributed by atoms with E-state index in [1.807, 2.05) is 0 Å². The predicted molar refractivity (Wildman–Crippen MR) is 97.7 cm³/mol. The molecular weight excluding hydrogens is 376 g/mol. The Kier molecular flexibility index (Phi) is 6.92. The zero-order valence-electron chi connectivity index (χ0n) is 15.0. The van der Waals surface area contributed by atoms with Crippen LogP contribution >= 0.6 is 0 Å². The molecule has 0 aromatic heterocycles. The molecule has 0 bridgehead atoms. The summed E-state index contributed by atoms with van der Waals surface area (Å²) in [5, 5.41) is 2.55. The van der Waals surface area contributed by atoms with Gasteiger partial charge in [0.15, 0.2) is 0 Å². The monoisotopic (exact) mass is 394 g/mol. The lowest BCUT2D eigenvalue weighted by molar-refractivity contribution is -0.185. The normalized spacial score (nSPS) is 11.5. The van der Waals surface area contributed by atoms with Gasteiger partial charge in [-0.25, -0.2) is 4.39 Å². The van der Waals surface area contributed by atoms with E-state index < -0.39 is 23.8 Å². The molecule has 1 N–H and O–H groups in total. The first kappa shape index (κ1) is 21.1. The fraction of sp³-hybridized carbons (Fsp3) is 0.200. The van der Waals surface area contributed by atoms with Crippen LogP contribution in [0, 0.1) is 5.82 Å². The van der Waals surface area contributed by atoms with Gasteiger partial charge in [-0.2, -0.15) is 13.2 Å². The Morgan fingerprint density at radius 1 is 1.11 bits per heavy atom. The summed E-state index contributed by atoms with van der Waals surface area (Å²) >= 11 is 0. The van der Waals surface area contributed by atoms with E-state index in [0.717, 1.165) is 6.08 Å². The van der Waals surface area contributed by atoms with Crippen LogP contribution in [-0.4, -0.2) is 29.4 Å². The molecule has 2 rings (SSSR count). The number of anilines is 1. The van der Waals surface area contributed by atoms with Gasteiger partial charge in [0.05, 0.1) is 0 Å². The first-order valence-corrected chi connectivity index (χ1v) is 8.39. The van der Waals surface area contributed by atoms with Crippen LogP contribution < -0.4 is 5.32 Å². The maximum atomic E-state index is 13.5. The maximum Gasteiger partial charge on any atom is 0.471 e. The average molecular weight is 394 g/mol. The Hall–Kier alpha value is -3.16. The van der Waals surface area contributed by atoms with Crippen LogP contribution in [0.15, 0.2) is 54.6 Å². The predicted octanol–water partition coefficient (Wildman–Crippen LogP) is 4.39. The van der Waals surface area contributed by atoms with Crippen LogP contribution in [0.5, 0.6) is 0 Å². The first-order valence-electron chi connectivity index (χ1n) is 8.39. The minimum atomic E-state index is -4.95. The Balaban J connectivity index is 2.05. The van der Waals surface area contributed by atoms with E-state index in [1.54, 1.807) is 24.3 Å².